The van der Waals surface area contributed by atoms with Crippen molar-refractivity contribution in [3.05, 3.63) is 65.7 Å². The SMILES string of the molecule is CC(C)Sc1ccccc1C(=O)NCC(c1ccccc1)N1CCCC1. The Morgan fingerprint density at radius 2 is 1.69 bits per heavy atom. The standard InChI is InChI=1S/C22H28N2OS/c1-17(2)26-21-13-7-6-12-19(21)22(25)23-16-20(24-14-8-9-15-24)18-10-4-3-5-11-18/h3-7,10-13,17,20H,8-9,14-16H2,1-2H3,(H,23,25). The van der Waals surface area contributed by atoms with Crippen LogP contribution in [0.5, 0.6) is 0 Å². The Morgan fingerprint density at radius 1 is 1.04 bits per heavy atom. The third kappa shape index (κ3) is 4.89. The molecule has 2 aromatic carbocycles. The number of carbonyl (C=O) groups excluding carboxylic acids is 1. The summed E-state index contributed by atoms with van der Waals surface area (Å²) in [6, 6.07) is 18.7. The first-order valence-corrected chi connectivity index (χ1v) is 10.4. The van der Waals surface area contributed by atoms with Gasteiger partial charge in [0.25, 0.3) is 5.91 Å². The molecule has 0 aromatic heterocycles. The highest BCUT2D eigenvalue weighted by Crippen LogP contribution is 2.27. The van der Waals surface area contributed by atoms with Gasteiger partial charge in [0.1, 0.15) is 0 Å². The topological polar surface area (TPSA) is 32.3 Å². The molecule has 1 unspecified atom stereocenters. The minimum atomic E-state index is 0.0221. The number of carbonyl (C=O) groups is 1. The molecular formula is C22H28N2OS. The molecule has 1 fully saturated rings. The molecule has 1 saturated heterocycles. The number of hydrogen-bond acceptors (Lipinski definition) is 3. The Bertz CT molecular complexity index is 711. The summed E-state index contributed by atoms with van der Waals surface area (Å²) in [6.45, 7) is 7.16. The van der Waals surface area contributed by atoms with Crippen LogP contribution >= 0.6 is 11.8 Å². The van der Waals surface area contributed by atoms with Gasteiger partial charge in [0.2, 0.25) is 0 Å². The summed E-state index contributed by atoms with van der Waals surface area (Å²) in [5.74, 6) is 0.0221. The van der Waals surface area contributed by atoms with E-state index < -0.39 is 0 Å². The summed E-state index contributed by atoms with van der Waals surface area (Å²) in [7, 11) is 0. The second-order valence-corrected chi connectivity index (χ2v) is 8.66. The van der Waals surface area contributed by atoms with Crippen molar-refractivity contribution >= 4 is 17.7 Å². The maximum Gasteiger partial charge on any atom is 0.252 e. The third-order valence-electron chi connectivity index (χ3n) is 4.72. The molecule has 0 bridgehead atoms. The predicted octanol–water partition coefficient (Wildman–Crippen LogP) is 4.75. The van der Waals surface area contributed by atoms with E-state index in [1.807, 2.05) is 30.3 Å². The van der Waals surface area contributed by atoms with E-state index in [0.717, 1.165) is 23.5 Å². The quantitative estimate of drug-likeness (QED) is 0.716. The third-order valence-corrected chi connectivity index (χ3v) is 5.80. The molecule has 1 amide bonds. The highest BCUT2D eigenvalue weighted by Gasteiger charge is 2.24. The van der Waals surface area contributed by atoms with Crippen molar-refractivity contribution in [2.45, 2.75) is 42.9 Å². The molecule has 1 heterocycles. The molecule has 1 atom stereocenters. The van der Waals surface area contributed by atoms with Crippen molar-refractivity contribution in [1.29, 1.82) is 0 Å². The van der Waals surface area contributed by atoms with Crippen LogP contribution in [0.15, 0.2) is 59.5 Å². The summed E-state index contributed by atoms with van der Waals surface area (Å²) >= 11 is 1.74. The number of likely N-dealkylation sites (tertiary alicyclic amines) is 1. The van der Waals surface area contributed by atoms with Crippen LogP contribution in [-0.4, -0.2) is 35.7 Å². The second kappa shape index (κ2) is 9.24. The van der Waals surface area contributed by atoms with E-state index >= 15 is 0 Å². The lowest BCUT2D eigenvalue weighted by atomic mass is 10.1. The van der Waals surface area contributed by atoms with Crippen molar-refractivity contribution in [2.24, 2.45) is 0 Å². The Hall–Kier alpha value is -1.78. The van der Waals surface area contributed by atoms with Crippen molar-refractivity contribution in [2.75, 3.05) is 19.6 Å². The van der Waals surface area contributed by atoms with Crippen LogP contribution < -0.4 is 5.32 Å². The molecule has 138 valence electrons. The van der Waals surface area contributed by atoms with Gasteiger partial charge in [-0.05, 0) is 43.6 Å². The number of amides is 1. The van der Waals surface area contributed by atoms with Gasteiger partial charge in [0, 0.05) is 16.7 Å². The van der Waals surface area contributed by atoms with E-state index in [2.05, 4.69) is 48.3 Å². The Kier molecular flexibility index (Phi) is 6.75. The molecule has 0 saturated carbocycles. The molecular weight excluding hydrogens is 340 g/mol. The normalized spacial score (nSPS) is 16.0. The highest BCUT2D eigenvalue weighted by molar-refractivity contribution is 8.00. The minimum Gasteiger partial charge on any atom is -0.350 e. The van der Waals surface area contributed by atoms with Crippen LogP contribution in [0.3, 0.4) is 0 Å². The summed E-state index contributed by atoms with van der Waals surface area (Å²) in [5, 5.41) is 3.64. The maximum atomic E-state index is 12.9. The van der Waals surface area contributed by atoms with Gasteiger partial charge in [-0.3, -0.25) is 9.69 Å². The van der Waals surface area contributed by atoms with Gasteiger partial charge in [-0.15, -0.1) is 11.8 Å². The fourth-order valence-corrected chi connectivity index (χ4v) is 4.43. The van der Waals surface area contributed by atoms with Crippen LogP contribution in [0.2, 0.25) is 0 Å². The van der Waals surface area contributed by atoms with Crippen LogP contribution in [0.25, 0.3) is 0 Å². The number of benzene rings is 2. The lowest BCUT2D eigenvalue weighted by Crippen LogP contribution is -2.37. The number of rotatable bonds is 7. The molecule has 0 radical (unpaired) electrons. The van der Waals surface area contributed by atoms with E-state index in [-0.39, 0.29) is 11.9 Å². The van der Waals surface area contributed by atoms with Gasteiger partial charge < -0.3 is 5.32 Å². The first-order chi connectivity index (χ1) is 12.6. The van der Waals surface area contributed by atoms with Crippen LogP contribution in [0.4, 0.5) is 0 Å². The zero-order chi connectivity index (χ0) is 18.4. The number of nitrogens with one attached hydrogen (secondary N) is 1. The van der Waals surface area contributed by atoms with Gasteiger partial charge in [0.05, 0.1) is 11.6 Å². The Balaban J connectivity index is 1.72. The Labute approximate surface area is 161 Å². The van der Waals surface area contributed by atoms with Gasteiger partial charge in [0.15, 0.2) is 0 Å². The van der Waals surface area contributed by atoms with Crippen molar-refractivity contribution in [3.8, 4) is 0 Å². The fraction of sp³-hybridized carbons (Fsp3) is 0.409. The van der Waals surface area contributed by atoms with E-state index in [0.29, 0.717) is 11.8 Å². The largest absolute Gasteiger partial charge is 0.350 e. The smallest absolute Gasteiger partial charge is 0.252 e. The van der Waals surface area contributed by atoms with E-state index in [1.54, 1.807) is 11.8 Å². The van der Waals surface area contributed by atoms with Crippen molar-refractivity contribution < 1.29 is 4.79 Å². The molecule has 3 nitrogen and oxygen atoms in total. The molecule has 2 aromatic rings. The fourth-order valence-electron chi connectivity index (χ4n) is 3.48. The summed E-state index contributed by atoms with van der Waals surface area (Å²) in [4.78, 5) is 16.4. The summed E-state index contributed by atoms with van der Waals surface area (Å²) in [6.07, 6.45) is 2.48. The average Bonchev–Trinajstić information content (AvgIpc) is 3.17. The molecule has 3 rings (SSSR count). The van der Waals surface area contributed by atoms with Crippen molar-refractivity contribution in [3.63, 3.8) is 0 Å². The number of nitrogens with zero attached hydrogens (tertiary/aromatic N) is 1. The molecule has 0 aliphatic carbocycles. The Morgan fingerprint density at radius 3 is 2.38 bits per heavy atom. The van der Waals surface area contributed by atoms with Crippen LogP contribution in [0, 0.1) is 0 Å². The molecule has 0 spiro atoms. The molecule has 1 N–H and O–H groups in total. The zero-order valence-electron chi connectivity index (χ0n) is 15.7. The zero-order valence-corrected chi connectivity index (χ0v) is 16.5. The van der Waals surface area contributed by atoms with E-state index in [9.17, 15) is 4.79 Å². The highest BCUT2D eigenvalue weighted by atomic mass is 32.2. The second-order valence-electron chi connectivity index (χ2n) is 7.04. The van der Waals surface area contributed by atoms with Gasteiger partial charge >= 0.3 is 0 Å². The monoisotopic (exact) mass is 368 g/mol. The molecule has 1 aliphatic rings. The lowest BCUT2D eigenvalue weighted by Gasteiger charge is -2.28. The van der Waals surface area contributed by atoms with Gasteiger partial charge in [-0.25, -0.2) is 0 Å². The number of thioether (sulfide) groups is 1. The maximum absolute atomic E-state index is 12.9. The average molecular weight is 369 g/mol. The number of hydrogen-bond donors (Lipinski definition) is 1. The van der Waals surface area contributed by atoms with E-state index in [1.165, 1.54) is 18.4 Å². The van der Waals surface area contributed by atoms with Gasteiger partial charge in [-0.2, -0.15) is 0 Å². The molecule has 26 heavy (non-hydrogen) atoms. The molecule has 1 aliphatic heterocycles. The van der Waals surface area contributed by atoms with E-state index in [4.69, 9.17) is 0 Å². The van der Waals surface area contributed by atoms with Crippen LogP contribution in [0.1, 0.15) is 48.7 Å². The van der Waals surface area contributed by atoms with Crippen molar-refractivity contribution in [1.82, 2.24) is 10.2 Å². The lowest BCUT2D eigenvalue weighted by molar-refractivity contribution is 0.0935. The summed E-state index contributed by atoms with van der Waals surface area (Å²) in [5.41, 5.74) is 2.05. The van der Waals surface area contributed by atoms with Gasteiger partial charge in [-0.1, -0.05) is 56.3 Å². The summed E-state index contributed by atoms with van der Waals surface area (Å²) < 4.78 is 0. The first-order valence-electron chi connectivity index (χ1n) is 9.48. The molecule has 4 heteroatoms. The predicted molar refractivity (Wildman–Crippen MR) is 110 cm³/mol. The first kappa shape index (κ1) is 19.0. The minimum absolute atomic E-state index is 0.0221. The van der Waals surface area contributed by atoms with Crippen LogP contribution in [-0.2, 0) is 0 Å².